The molecule has 0 aliphatic heterocycles. The summed E-state index contributed by atoms with van der Waals surface area (Å²) in [5, 5.41) is 2.44. The molecule has 0 spiro atoms. The minimum absolute atomic E-state index is 0.0890. The summed E-state index contributed by atoms with van der Waals surface area (Å²) in [6, 6.07) is 11.5. The molecule has 134 valence electrons. The van der Waals surface area contributed by atoms with Crippen LogP contribution in [-0.4, -0.2) is 31.1 Å². The number of amides is 2. The third-order valence-electron chi connectivity index (χ3n) is 3.50. The van der Waals surface area contributed by atoms with Crippen molar-refractivity contribution in [2.75, 3.05) is 25.5 Å². The number of urea groups is 1. The van der Waals surface area contributed by atoms with Crippen molar-refractivity contribution in [3.63, 3.8) is 0 Å². The van der Waals surface area contributed by atoms with Gasteiger partial charge in [-0.15, -0.1) is 0 Å². The van der Waals surface area contributed by atoms with E-state index in [0.29, 0.717) is 12.3 Å². The van der Waals surface area contributed by atoms with Crippen molar-refractivity contribution in [3.05, 3.63) is 59.7 Å². The lowest BCUT2D eigenvalue weighted by atomic mass is 10.2. The minimum Gasteiger partial charge on any atom is -0.492 e. The van der Waals surface area contributed by atoms with E-state index in [0.717, 1.165) is 17.7 Å². The Morgan fingerprint density at radius 1 is 1.16 bits per heavy atom. The van der Waals surface area contributed by atoms with E-state index < -0.39 is 17.8 Å². The Morgan fingerprint density at radius 2 is 1.84 bits per heavy atom. The number of nitrogens with zero attached hydrogens (tertiary/aromatic N) is 1. The smallest absolute Gasteiger partial charge is 0.416 e. The predicted octanol–water partition coefficient (Wildman–Crippen LogP) is 4.56. The third kappa shape index (κ3) is 5.70. The average Bonchev–Trinajstić information content (AvgIpc) is 2.56. The highest BCUT2D eigenvalue weighted by molar-refractivity contribution is 5.89. The number of benzene rings is 2. The van der Waals surface area contributed by atoms with Crippen molar-refractivity contribution < 1.29 is 22.7 Å². The van der Waals surface area contributed by atoms with Gasteiger partial charge in [0.2, 0.25) is 0 Å². The van der Waals surface area contributed by atoms with Gasteiger partial charge >= 0.3 is 12.2 Å². The van der Waals surface area contributed by atoms with Crippen molar-refractivity contribution in [2.24, 2.45) is 0 Å². The number of hydrogen-bond donors (Lipinski definition) is 1. The quantitative estimate of drug-likeness (QED) is 0.857. The number of aryl methyl sites for hydroxylation is 1. The van der Waals surface area contributed by atoms with Crippen molar-refractivity contribution in [1.82, 2.24) is 4.90 Å². The zero-order valence-electron chi connectivity index (χ0n) is 13.9. The molecule has 0 unspecified atom stereocenters. The third-order valence-corrected chi connectivity index (χ3v) is 3.50. The van der Waals surface area contributed by atoms with E-state index in [9.17, 15) is 18.0 Å². The number of halogens is 3. The molecule has 0 radical (unpaired) electrons. The van der Waals surface area contributed by atoms with Crippen LogP contribution in [0.1, 0.15) is 11.1 Å². The summed E-state index contributed by atoms with van der Waals surface area (Å²) < 4.78 is 43.6. The van der Waals surface area contributed by atoms with Gasteiger partial charge in [0, 0.05) is 12.7 Å². The largest absolute Gasteiger partial charge is 0.492 e. The number of hydrogen-bond acceptors (Lipinski definition) is 2. The van der Waals surface area contributed by atoms with E-state index in [2.05, 4.69) is 5.32 Å². The first-order chi connectivity index (χ1) is 11.8. The molecular weight excluding hydrogens is 333 g/mol. The van der Waals surface area contributed by atoms with Crippen molar-refractivity contribution >= 4 is 11.7 Å². The lowest BCUT2D eigenvalue weighted by Gasteiger charge is -2.18. The van der Waals surface area contributed by atoms with Crippen molar-refractivity contribution in [3.8, 4) is 5.75 Å². The molecule has 0 heterocycles. The molecule has 1 N–H and O–H groups in total. The van der Waals surface area contributed by atoms with Gasteiger partial charge in [0.15, 0.2) is 0 Å². The summed E-state index contributed by atoms with van der Waals surface area (Å²) in [5.41, 5.74) is 0.395. The van der Waals surface area contributed by atoms with Crippen LogP contribution in [0, 0.1) is 6.92 Å². The molecule has 2 aromatic rings. The van der Waals surface area contributed by atoms with Crippen LogP contribution >= 0.6 is 0 Å². The molecule has 0 bridgehead atoms. The van der Waals surface area contributed by atoms with Crippen molar-refractivity contribution in [2.45, 2.75) is 13.1 Å². The molecule has 25 heavy (non-hydrogen) atoms. The van der Waals surface area contributed by atoms with Crippen LogP contribution in [0.15, 0.2) is 48.5 Å². The van der Waals surface area contributed by atoms with Gasteiger partial charge in [-0.05, 0) is 37.3 Å². The molecule has 0 saturated heterocycles. The molecule has 0 saturated carbocycles. The topological polar surface area (TPSA) is 41.6 Å². The number of likely N-dealkylation sites (N-methyl/N-ethyl adjacent to an activating group) is 1. The van der Waals surface area contributed by atoms with Crippen LogP contribution in [0.2, 0.25) is 0 Å². The first-order valence-electron chi connectivity index (χ1n) is 7.64. The van der Waals surface area contributed by atoms with Gasteiger partial charge in [0.1, 0.15) is 12.4 Å². The van der Waals surface area contributed by atoms with Crippen LogP contribution < -0.4 is 10.1 Å². The number of carbonyl (C=O) groups excluding carboxylic acids is 1. The second-order valence-electron chi connectivity index (χ2n) is 5.59. The zero-order chi connectivity index (χ0) is 18.4. The Labute approximate surface area is 144 Å². The van der Waals surface area contributed by atoms with Gasteiger partial charge < -0.3 is 15.0 Å². The average molecular weight is 352 g/mol. The monoisotopic (exact) mass is 352 g/mol. The molecule has 0 fully saturated rings. The molecule has 2 rings (SSSR count). The van der Waals surface area contributed by atoms with E-state index in [1.165, 1.54) is 17.0 Å². The molecule has 0 aliphatic rings. The molecule has 2 aromatic carbocycles. The Hall–Kier alpha value is -2.70. The SMILES string of the molecule is Cc1ccc(OCCN(C)C(=O)Nc2cccc(C(F)(F)F)c2)cc1. The number of anilines is 1. The fourth-order valence-corrected chi connectivity index (χ4v) is 2.03. The lowest BCUT2D eigenvalue weighted by molar-refractivity contribution is -0.137. The summed E-state index contributed by atoms with van der Waals surface area (Å²) in [6.07, 6.45) is -4.45. The molecule has 0 atom stereocenters. The first-order valence-corrected chi connectivity index (χ1v) is 7.64. The van der Waals surface area contributed by atoms with Crippen LogP contribution in [0.4, 0.5) is 23.7 Å². The molecule has 0 aromatic heterocycles. The Bertz CT molecular complexity index is 715. The number of ether oxygens (including phenoxy) is 1. The highest BCUT2D eigenvalue weighted by Gasteiger charge is 2.30. The Kier molecular flexibility index (Phi) is 5.90. The standard InChI is InChI=1S/C18H19F3N2O2/c1-13-6-8-16(9-7-13)25-11-10-23(2)17(24)22-15-5-3-4-14(12-15)18(19,20)21/h3-9,12H,10-11H2,1-2H3,(H,22,24). The van der Waals surface area contributed by atoms with Crippen LogP contribution in [0.25, 0.3) is 0 Å². The van der Waals surface area contributed by atoms with E-state index in [1.807, 2.05) is 31.2 Å². The van der Waals surface area contributed by atoms with E-state index in [-0.39, 0.29) is 12.3 Å². The summed E-state index contributed by atoms with van der Waals surface area (Å²) in [6.45, 7) is 2.53. The van der Waals surface area contributed by atoms with Gasteiger partial charge in [-0.2, -0.15) is 13.2 Å². The van der Waals surface area contributed by atoms with Crippen LogP contribution in [0.3, 0.4) is 0 Å². The summed E-state index contributed by atoms with van der Waals surface area (Å²) in [7, 11) is 1.54. The normalized spacial score (nSPS) is 11.1. The number of carbonyl (C=O) groups is 1. The van der Waals surface area contributed by atoms with E-state index in [1.54, 1.807) is 7.05 Å². The predicted molar refractivity (Wildman–Crippen MR) is 89.8 cm³/mol. The van der Waals surface area contributed by atoms with Gasteiger partial charge in [-0.1, -0.05) is 23.8 Å². The fourth-order valence-electron chi connectivity index (χ4n) is 2.03. The molecular formula is C18H19F3N2O2. The Morgan fingerprint density at radius 3 is 2.48 bits per heavy atom. The van der Waals surface area contributed by atoms with Crippen molar-refractivity contribution in [1.29, 1.82) is 0 Å². The van der Waals surface area contributed by atoms with Crippen LogP contribution in [-0.2, 0) is 6.18 Å². The minimum atomic E-state index is -4.45. The number of alkyl halides is 3. The van der Waals surface area contributed by atoms with Gasteiger partial charge in [0.05, 0.1) is 12.1 Å². The highest BCUT2D eigenvalue weighted by atomic mass is 19.4. The lowest BCUT2D eigenvalue weighted by Crippen LogP contribution is -2.34. The summed E-state index contributed by atoms with van der Waals surface area (Å²) >= 11 is 0. The summed E-state index contributed by atoms with van der Waals surface area (Å²) in [5.74, 6) is 0.692. The van der Waals surface area contributed by atoms with Crippen LogP contribution in [0.5, 0.6) is 5.75 Å². The van der Waals surface area contributed by atoms with Gasteiger partial charge in [-0.3, -0.25) is 0 Å². The number of nitrogens with one attached hydrogen (secondary N) is 1. The molecule has 0 aliphatic carbocycles. The Balaban J connectivity index is 1.85. The fraction of sp³-hybridized carbons (Fsp3) is 0.278. The maximum atomic E-state index is 12.7. The highest BCUT2D eigenvalue weighted by Crippen LogP contribution is 2.30. The van der Waals surface area contributed by atoms with Gasteiger partial charge in [0.25, 0.3) is 0 Å². The first kappa shape index (κ1) is 18.6. The van der Waals surface area contributed by atoms with E-state index in [4.69, 9.17) is 4.74 Å². The second-order valence-corrected chi connectivity index (χ2v) is 5.59. The molecule has 4 nitrogen and oxygen atoms in total. The maximum absolute atomic E-state index is 12.7. The maximum Gasteiger partial charge on any atom is 0.416 e. The second kappa shape index (κ2) is 7.92. The summed E-state index contributed by atoms with van der Waals surface area (Å²) in [4.78, 5) is 13.4. The number of rotatable bonds is 5. The molecule has 2 amide bonds. The molecule has 7 heteroatoms. The van der Waals surface area contributed by atoms with E-state index >= 15 is 0 Å². The zero-order valence-corrected chi connectivity index (χ0v) is 13.9. The van der Waals surface area contributed by atoms with Gasteiger partial charge in [-0.25, -0.2) is 4.79 Å².